The smallest absolute Gasteiger partial charge is 0.314 e. The lowest BCUT2D eigenvalue weighted by Crippen LogP contribution is -2.69. The van der Waals surface area contributed by atoms with Crippen molar-refractivity contribution in [1.82, 2.24) is 29.8 Å². The third-order valence-corrected chi connectivity index (χ3v) is 11.7. The summed E-state index contributed by atoms with van der Waals surface area (Å²) in [6.45, 7) is 16.3. The minimum atomic E-state index is -1.46. The van der Waals surface area contributed by atoms with E-state index in [1.807, 2.05) is 83.7 Å². The second-order valence-electron chi connectivity index (χ2n) is 16.1. The molecule has 0 aromatic heterocycles. The monoisotopic (exact) mass is 828 g/mol. The van der Waals surface area contributed by atoms with Gasteiger partial charge < -0.3 is 35.6 Å². The topological polar surface area (TPSA) is 169 Å². The Balaban J connectivity index is 0.000000214. The lowest BCUT2D eigenvalue weighted by Gasteiger charge is -2.48. The summed E-state index contributed by atoms with van der Waals surface area (Å²) in [5, 5.41) is 4.53. The molecule has 14 nitrogen and oxygen atoms in total. The van der Waals surface area contributed by atoms with Crippen LogP contribution in [0.3, 0.4) is 0 Å². The van der Waals surface area contributed by atoms with Crippen LogP contribution in [0.2, 0.25) is 29.7 Å². The summed E-state index contributed by atoms with van der Waals surface area (Å²) in [6.07, 6.45) is 2.59. The minimum absolute atomic E-state index is 0.0111. The van der Waals surface area contributed by atoms with Crippen LogP contribution in [0.4, 0.5) is 4.79 Å². The number of isocyanates is 1. The van der Waals surface area contributed by atoms with Crippen LogP contribution in [0, 0.1) is 0 Å². The zero-order valence-corrected chi connectivity index (χ0v) is 35.8. The summed E-state index contributed by atoms with van der Waals surface area (Å²) in [6, 6.07) is 14.0. The first-order valence-electron chi connectivity index (χ1n) is 18.8. The molecule has 6 amide bonds. The molecule has 304 valence electrons. The summed E-state index contributed by atoms with van der Waals surface area (Å²) in [7, 11) is -1.46. The lowest BCUT2D eigenvalue weighted by atomic mass is 9.89. The van der Waals surface area contributed by atoms with Crippen molar-refractivity contribution in [2.45, 2.75) is 96.4 Å². The molecular formula is C39H54Cl2N8O6Si. The van der Waals surface area contributed by atoms with Gasteiger partial charge in [-0.25, -0.2) is 14.2 Å². The largest absolute Gasteiger partial charge is 0.351 e. The Bertz CT molecular complexity index is 1810. The Morgan fingerprint density at radius 2 is 1.25 bits per heavy atom. The fraction of sp³-hybridized carbons (Fsp3) is 0.538. The summed E-state index contributed by atoms with van der Waals surface area (Å²) < 4.78 is 3.59. The highest BCUT2D eigenvalue weighted by Crippen LogP contribution is 2.36. The molecule has 17 heteroatoms. The van der Waals surface area contributed by atoms with Gasteiger partial charge in [0.1, 0.15) is 24.2 Å². The third-order valence-electron chi connectivity index (χ3n) is 10.4. The van der Waals surface area contributed by atoms with E-state index in [0.717, 1.165) is 17.7 Å². The Hall–Kier alpha value is -4.27. The normalized spacial score (nSPS) is 22.4. The average Bonchev–Trinajstić information content (AvgIpc) is 3.80. The van der Waals surface area contributed by atoms with E-state index in [1.54, 1.807) is 37.8 Å². The van der Waals surface area contributed by atoms with Gasteiger partial charge in [-0.2, -0.15) is 0 Å². The van der Waals surface area contributed by atoms with Gasteiger partial charge >= 0.3 is 6.03 Å². The number of nitrogens with two attached hydrogens (primary N) is 1. The van der Waals surface area contributed by atoms with Crippen LogP contribution >= 0.6 is 23.2 Å². The van der Waals surface area contributed by atoms with Crippen molar-refractivity contribution in [3.63, 3.8) is 0 Å². The molecule has 0 aliphatic carbocycles. The molecule has 2 unspecified atom stereocenters. The number of piperazine rings is 2. The first-order valence-corrected chi connectivity index (χ1v) is 23.0. The van der Waals surface area contributed by atoms with E-state index in [9.17, 15) is 28.8 Å². The van der Waals surface area contributed by atoms with E-state index in [-0.39, 0.29) is 55.3 Å². The van der Waals surface area contributed by atoms with Crippen LogP contribution in [-0.2, 0) is 37.1 Å². The number of hydrogen-bond donors (Lipinski definition) is 2. The first kappa shape index (κ1) is 44.4. The summed E-state index contributed by atoms with van der Waals surface area (Å²) >= 11 is 11.9. The van der Waals surface area contributed by atoms with Crippen LogP contribution in [0.25, 0.3) is 0 Å². The van der Waals surface area contributed by atoms with Crippen molar-refractivity contribution in [2.75, 3.05) is 39.3 Å². The number of halogens is 2. The first-order chi connectivity index (χ1) is 26.2. The van der Waals surface area contributed by atoms with Crippen LogP contribution in [-0.4, -0.2) is 131 Å². The van der Waals surface area contributed by atoms with Gasteiger partial charge in [0.15, 0.2) is 8.24 Å². The number of urea groups is 1. The summed E-state index contributed by atoms with van der Waals surface area (Å²) in [5.41, 5.74) is 5.47. The predicted molar refractivity (Wildman–Crippen MR) is 218 cm³/mol. The third kappa shape index (κ3) is 10.2. The zero-order chi connectivity index (χ0) is 41.6. The molecule has 56 heavy (non-hydrogen) atoms. The molecule has 4 heterocycles. The molecule has 2 atom stereocenters. The Morgan fingerprint density at radius 3 is 1.59 bits per heavy atom. The Labute approximate surface area is 340 Å². The van der Waals surface area contributed by atoms with E-state index in [2.05, 4.69) is 9.97 Å². The SMILES string of the molecule is CC(C)N1CC(=O)N(Cc2ccc(Cl)cc2)C2(CCN(C(N)=O)C2)C1=O.CC(C)N1CC(=O)N(Cc2ccc(Cl)cc2)C2(CCNC2)C1=O.C[Si](C)(C)N=C=O. The maximum Gasteiger partial charge on any atom is 0.314 e. The second kappa shape index (κ2) is 18.3. The van der Waals surface area contributed by atoms with Gasteiger partial charge in [-0.15, -0.1) is 0 Å². The quantitative estimate of drug-likeness (QED) is 0.239. The highest BCUT2D eigenvalue weighted by Gasteiger charge is 2.57. The molecule has 0 bridgehead atoms. The van der Waals surface area contributed by atoms with Crippen molar-refractivity contribution in [3.8, 4) is 0 Å². The molecule has 2 aromatic carbocycles. The van der Waals surface area contributed by atoms with Crippen molar-refractivity contribution in [1.29, 1.82) is 0 Å². The highest BCUT2D eigenvalue weighted by molar-refractivity contribution is 6.74. The van der Waals surface area contributed by atoms with E-state index in [1.165, 1.54) is 4.90 Å². The summed E-state index contributed by atoms with van der Waals surface area (Å²) in [4.78, 5) is 81.4. The second-order valence-corrected chi connectivity index (χ2v) is 21.6. The summed E-state index contributed by atoms with van der Waals surface area (Å²) in [5.74, 6) is -0.174. The van der Waals surface area contributed by atoms with Gasteiger partial charge in [0, 0.05) is 48.3 Å². The molecule has 2 spiro atoms. The van der Waals surface area contributed by atoms with Crippen molar-refractivity contribution >= 4 is 67.2 Å². The van der Waals surface area contributed by atoms with Gasteiger partial charge in [-0.1, -0.05) is 47.5 Å². The average molecular weight is 830 g/mol. The van der Waals surface area contributed by atoms with Gasteiger partial charge in [0.2, 0.25) is 17.9 Å². The Morgan fingerprint density at radius 1 is 0.804 bits per heavy atom. The molecule has 4 fully saturated rings. The molecular weight excluding hydrogens is 775 g/mol. The minimum Gasteiger partial charge on any atom is -0.351 e. The maximum atomic E-state index is 13.3. The molecule has 4 saturated heterocycles. The molecule has 0 radical (unpaired) electrons. The Kier molecular flexibility index (Phi) is 14.5. The zero-order valence-electron chi connectivity index (χ0n) is 33.3. The molecule has 0 saturated carbocycles. The highest BCUT2D eigenvalue weighted by atomic mass is 35.5. The number of carbonyl (C=O) groups is 5. The van der Waals surface area contributed by atoms with Crippen molar-refractivity contribution < 1.29 is 28.8 Å². The fourth-order valence-corrected chi connectivity index (χ4v) is 7.84. The van der Waals surface area contributed by atoms with Crippen LogP contribution < -0.4 is 11.1 Å². The van der Waals surface area contributed by atoms with Gasteiger partial charge in [0.05, 0.1) is 6.54 Å². The predicted octanol–water partition coefficient (Wildman–Crippen LogP) is 4.25. The number of nitrogens with one attached hydrogen (secondary N) is 1. The fourth-order valence-electron chi connectivity index (χ4n) is 7.31. The van der Waals surface area contributed by atoms with Gasteiger partial charge in [-0.05, 0) is 102 Å². The number of rotatable bonds is 7. The molecule has 2 aromatic rings. The number of benzene rings is 2. The van der Waals surface area contributed by atoms with Crippen LogP contribution in [0.15, 0.2) is 53.2 Å². The number of nitrogens with zero attached hydrogens (tertiary/aromatic N) is 6. The molecule has 3 N–H and O–H groups in total. The van der Waals surface area contributed by atoms with E-state index in [0.29, 0.717) is 49.1 Å². The van der Waals surface area contributed by atoms with E-state index in [4.69, 9.17) is 28.9 Å². The maximum absolute atomic E-state index is 13.3. The number of likely N-dealkylation sites (tertiary alicyclic amines) is 1. The van der Waals surface area contributed by atoms with E-state index < -0.39 is 25.3 Å². The molecule has 6 rings (SSSR count). The van der Waals surface area contributed by atoms with E-state index >= 15 is 0 Å². The number of carbonyl (C=O) groups excluding carboxylic acids is 6. The lowest BCUT2D eigenvalue weighted by molar-refractivity contribution is -0.166. The number of primary amides is 1. The standard InChI is InChI=1S/C18H23ClN4O3.C17H22ClN3O2.C4H9NOSi/c1-12(2)22-10-15(24)23(9-13-3-5-14(19)6-4-13)18(16(22)25)7-8-21(11-18)17(20)26;1-12(2)20-10-15(22)21(9-13-3-5-14(18)6-4-13)17(16(20)23)7-8-19-11-17;1-7(2,3)5-4-6/h3-6,12H,7-11H2,1-2H3,(H2,20,26);3-6,12,19H,7-11H2,1-2H3;1-3H3. The molecule has 4 aliphatic rings. The van der Waals surface area contributed by atoms with Crippen molar-refractivity contribution in [2.24, 2.45) is 10.4 Å². The molecule has 4 aliphatic heterocycles. The number of amides is 6. The van der Waals surface area contributed by atoms with Gasteiger partial charge in [-0.3, -0.25) is 19.2 Å². The van der Waals surface area contributed by atoms with Gasteiger partial charge in [0.25, 0.3) is 11.8 Å². The van der Waals surface area contributed by atoms with Crippen molar-refractivity contribution in [3.05, 3.63) is 69.7 Å². The number of hydrogen-bond acceptors (Lipinski definition) is 8. The van der Waals surface area contributed by atoms with Crippen LogP contribution in [0.1, 0.15) is 51.7 Å². The van der Waals surface area contributed by atoms with Crippen LogP contribution in [0.5, 0.6) is 0 Å².